The maximum atomic E-state index is 13.4. The highest BCUT2D eigenvalue weighted by Crippen LogP contribution is 2.22. The molecule has 4 rings (SSSR count). The van der Waals surface area contributed by atoms with Crippen molar-refractivity contribution in [2.45, 2.75) is 4.90 Å². The normalized spacial score (nSPS) is 15.3. The van der Waals surface area contributed by atoms with Crippen LogP contribution in [0.25, 0.3) is 0 Å². The molecule has 2 N–H and O–H groups in total. The molecule has 0 saturated heterocycles. The largest absolute Gasteiger partial charge is 0.301 e. The summed E-state index contributed by atoms with van der Waals surface area (Å²) in [5.41, 5.74) is 4.34. The number of para-hydroxylation sites is 1. The maximum absolute atomic E-state index is 13.4. The highest BCUT2D eigenvalue weighted by molar-refractivity contribution is 7.85. The number of carbonyl (C=O) groups is 1. The van der Waals surface area contributed by atoms with Gasteiger partial charge in [0.15, 0.2) is 5.71 Å². The second kappa shape index (κ2) is 8.09. The Hall–Kier alpha value is -3.89. The zero-order valence-corrected chi connectivity index (χ0v) is 16.6. The van der Waals surface area contributed by atoms with Crippen LogP contribution in [0, 0.1) is 5.82 Å². The summed E-state index contributed by atoms with van der Waals surface area (Å²) in [5.74, 6) is -0.920. The predicted molar refractivity (Wildman–Crippen MR) is 114 cm³/mol. The van der Waals surface area contributed by atoms with Crippen LogP contribution < -0.4 is 10.4 Å². The number of rotatable bonds is 5. The molecule has 0 aromatic heterocycles. The molecule has 0 unspecified atom stereocenters. The minimum Gasteiger partial charge on any atom is -0.282 e. The molecule has 3 aromatic carbocycles. The van der Waals surface area contributed by atoms with Crippen LogP contribution in [0.1, 0.15) is 5.56 Å². The Labute approximate surface area is 177 Å². The van der Waals surface area contributed by atoms with E-state index >= 15 is 0 Å². The number of hydrogen-bond donors (Lipinski definition) is 2. The van der Waals surface area contributed by atoms with E-state index in [0.29, 0.717) is 16.9 Å². The van der Waals surface area contributed by atoms with Crippen molar-refractivity contribution in [3.05, 3.63) is 90.2 Å². The average molecular weight is 438 g/mol. The number of halogens is 1. The summed E-state index contributed by atoms with van der Waals surface area (Å²) in [4.78, 5) is 12.7. The molecule has 31 heavy (non-hydrogen) atoms. The topological polar surface area (TPSA) is 111 Å². The second-order valence-electron chi connectivity index (χ2n) is 6.48. The van der Waals surface area contributed by atoms with Gasteiger partial charge in [0, 0.05) is 5.56 Å². The minimum atomic E-state index is -4.32. The first-order valence-electron chi connectivity index (χ1n) is 8.98. The van der Waals surface area contributed by atoms with Crippen molar-refractivity contribution >= 4 is 38.8 Å². The summed E-state index contributed by atoms with van der Waals surface area (Å²) in [6.07, 6.45) is 0. The quantitative estimate of drug-likeness (QED) is 0.469. The molecule has 0 atom stereocenters. The summed E-state index contributed by atoms with van der Waals surface area (Å²) in [7, 11) is -4.32. The van der Waals surface area contributed by atoms with E-state index in [1.807, 2.05) is 0 Å². The summed E-state index contributed by atoms with van der Waals surface area (Å²) < 4.78 is 44.7. The van der Waals surface area contributed by atoms with Gasteiger partial charge in [-0.05, 0) is 60.7 Å². The molecular weight excluding hydrogens is 423 g/mol. The van der Waals surface area contributed by atoms with E-state index in [1.165, 1.54) is 53.5 Å². The number of benzene rings is 3. The van der Waals surface area contributed by atoms with Gasteiger partial charge in [0.25, 0.3) is 10.1 Å². The summed E-state index contributed by atoms with van der Waals surface area (Å²) in [6.45, 7) is 0. The first-order chi connectivity index (χ1) is 14.8. The van der Waals surface area contributed by atoms with E-state index in [1.54, 1.807) is 30.3 Å². The van der Waals surface area contributed by atoms with Gasteiger partial charge in [-0.25, -0.2) is 4.39 Å². The van der Waals surface area contributed by atoms with E-state index in [9.17, 15) is 17.6 Å². The van der Waals surface area contributed by atoms with Gasteiger partial charge in [-0.2, -0.15) is 23.6 Å². The maximum Gasteiger partial charge on any atom is 0.301 e. The van der Waals surface area contributed by atoms with Gasteiger partial charge >= 0.3 is 5.91 Å². The molecule has 1 aliphatic heterocycles. The van der Waals surface area contributed by atoms with Gasteiger partial charge in [0.2, 0.25) is 0 Å². The molecule has 0 radical (unpaired) electrons. The van der Waals surface area contributed by atoms with Crippen LogP contribution in [-0.4, -0.2) is 30.3 Å². The smallest absolute Gasteiger partial charge is 0.282 e. The lowest BCUT2D eigenvalue weighted by Crippen LogP contribution is -2.28. The molecule has 0 aliphatic carbocycles. The molecule has 1 amide bonds. The average Bonchev–Trinajstić information content (AvgIpc) is 3.09. The van der Waals surface area contributed by atoms with Gasteiger partial charge in [-0.3, -0.25) is 14.8 Å². The fourth-order valence-electron chi connectivity index (χ4n) is 2.86. The Morgan fingerprint density at radius 1 is 0.935 bits per heavy atom. The van der Waals surface area contributed by atoms with Crippen molar-refractivity contribution in [3.63, 3.8) is 0 Å². The molecule has 156 valence electrons. The summed E-state index contributed by atoms with van der Waals surface area (Å²) >= 11 is 0. The lowest BCUT2D eigenvalue weighted by Gasteiger charge is -2.10. The van der Waals surface area contributed by atoms with E-state index < -0.39 is 21.8 Å². The van der Waals surface area contributed by atoms with E-state index in [0.717, 1.165) is 0 Å². The third kappa shape index (κ3) is 4.34. The molecular formula is C21H15FN4O4S. The highest BCUT2D eigenvalue weighted by Gasteiger charge is 2.34. The zero-order chi connectivity index (χ0) is 22.0. The van der Waals surface area contributed by atoms with Crippen molar-refractivity contribution in [2.75, 3.05) is 10.4 Å². The molecule has 0 fully saturated rings. The number of nitrogens with one attached hydrogen (secondary N) is 1. The number of hydrazone groups is 2. The molecule has 3 aromatic rings. The number of anilines is 2. The van der Waals surface area contributed by atoms with Gasteiger partial charge in [-0.1, -0.05) is 18.2 Å². The Kier molecular flexibility index (Phi) is 5.32. The van der Waals surface area contributed by atoms with E-state index in [4.69, 9.17) is 4.55 Å². The Morgan fingerprint density at radius 3 is 2.19 bits per heavy atom. The fourth-order valence-corrected chi connectivity index (χ4v) is 3.34. The SMILES string of the molecule is O=C1C(=NNc2ccc(S(=O)(=O)O)cc2)C(c2ccc(F)cc2)=NN1c1ccccc1. The minimum absolute atomic E-state index is 0.00526. The number of carbonyl (C=O) groups excluding carboxylic acids is 1. The Balaban J connectivity index is 1.69. The van der Waals surface area contributed by atoms with E-state index in [2.05, 4.69) is 15.6 Å². The number of hydrogen-bond acceptors (Lipinski definition) is 6. The summed E-state index contributed by atoms with van der Waals surface area (Å²) in [6, 6.07) is 19.4. The van der Waals surface area contributed by atoms with Crippen molar-refractivity contribution < 1.29 is 22.2 Å². The first-order valence-corrected chi connectivity index (χ1v) is 10.4. The lowest BCUT2D eigenvalue weighted by molar-refractivity contribution is -0.112. The van der Waals surface area contributed by atoms with Gasteiger partial charge < -0.3 is 0 Å². The standard InChI is InChI=1S/C21H15FN4O4S/c22-15-8-6-14(7-9-15)19-20(21(27)26(25-19)17-4-2-1-3-5-17)24-23-16-10-12-18(13-11-16)31(28,29)30/h1-13,23H,(H,28,29,30). The Morgan fingerprint density at radius 2 is 1.58 bits per heavy atom. The summed E-state index contributed by atoms with van der Waals surface area (Å²) in [5, 5.41) is 9.73. The van der Waals surface area contributed by atoms with Crippen LogP contribution in [0.15, 0.2) is 94.0 Å². The van der Waals surface area contributed by atoms with Crippen molar-refractivity contribution in [1.29, 1.82) is 0 Å². The Bertz CT molecular complexity index is 1290. The molecule has 1 heterocycles. The molecule has 1 aliphatic rings. The first kappa shape index (κ1) is 20.4. The van der Waals surface area contributed by atoms with Crippen LogP contribution in [-0.2, 0) is 14.9 Å². The van der Waals surface area contributed by atoms with Crippen molar-refractivity contribution in [3.8, 4) is 0 Å². The zero-order valence-electron chi connectivity index (χ0n) is 15.8. The fraction of sp³-hybridized carbons (Fsp3) is 0. The number of nitrogens with zero attached hydrogens (tertiary/aromatic N) is 3. The molecule has 0 saturated carbocycles. The van der Waals surface area contributed by atoms with Crippen molar-refractivity contribution in [2.24, 2.45) is 10.2 Å². The highest BCUT2D eigenvalue weighted by atomic mass is 32.2. The van der Waals surface area contributed by atoms with Gasteiger partial charge in [0.1, 0.15) is 11.5 Å². The van der Waals surface area contributed by atoms with Crippen LogP contribution in [0.4, 0.5) is 15.8 Å². The van der Waals surface area contributed by atoms with Crippen LogP contribution >= 0.6 is 0 Å². The van der Waals surface area contributed by atoms with Gasteiger partial charge in [-0.15, -0.1) is 0 Å². The predicted octanol–water partition coefficient (Wildman–Crippen LogP) is 3.29. The number of amides is 1. The van der Waals surface area contributed by atoms with Gasteiger partial charge in [0.05, 0.1) is 16.3 Å². The second-order valence-corrected chi connectivity index (χ2v) is 7.90. The van der Waals surface area contributed by atoms with Crippen LogP contribution in [0.3, 0.4) is 0 Å². The molecule has 8 nitrogen and oxygen atoms in total. The van der Waals surface area contributed by atoms with Crippen LogP contribution in [0.5, 0.6) is 0 Å². The molecule has 10 heteroatoms. The molecule has 0 bridgehead atoms. The lowest BCUT2D eigenvalue weighted by atomic mass is 10.1. The van der Waals surface area contributed by atoms with Crippen molar-refractivity contribution in [1.82, 2.24) is 0 Å². The molecule has 0 spiro atoms. The third-order valence-corrected chi connectivity index (χ3v) is 5.25. The third-order valence-electron chi connectivity index (χ3n) is 4.39. The monoisotopic (exact) mass is 438 g/mol. The van der Waals surface area contributed by atoms with E-state index in [-0.39, 0.29) is 16.3 Å². The van der Waals surface area contributed by atoms with Crippen LogP contribution in [0.2, 0.25) is 0 Å².